The Morgan fingerprint density at radius 1 is 1.54 bits per heavy atom. The smallest absolute Gasteiger partial charge is 0.237 e. The lowest BCUT2D eigenvalue weighted by atomic mass is 9.97. The fraction of sp³-hybridized carbons (Fsp3) is 0.875. The van der Waals surface area contributed by atoms with Crippen molar-refractivity contribution in [1.82, 2.24) is 5.32 Å². The van der Waals surface area contributed by atoms with Crippen LogP contribution in [-0.2, 0) is 14.3 Å². The van der Waals surface area contributed by atoms with Gasteiger partial charge in [0.1, 0.15) is 0 Å². The molecule has 1 atom stereocenters. The summed E-state index contributed by atoms with van der Waals surface area (Å²) >= 11 is 0. The highest BCUT2D eigenvalue weighted by molar-refractivity contribution is 5.84. The van der Waals surface area contributed by atoms with Gasteiger partial charge in [-0.1, -0.05) is 0 Å². The van der Waals surface area contributed by atoms with Crippen LogP contribution in [0, 0.1) is 0 Å². The molecule has 1 amide bonds. The minimum atomic E-state index is -0.795. The van der Waals surface area contributed by atoms with Gasteiger partial charge >= 0.3 is 0 Å². The zero-order chi connectivity index (χ0) is 10.5. The Bertz CT molecular complexity index is 171. The van der Waals surface area contributed by atoms with Crippen molar-refractivity contribution >= 4 is 5.91 Å². The molecule has 0 rings (SSSR count). The van der Waals surface area contributed by atoms with Crippen molar-refractivity contribution in [3.05, 3.63) is 0 Å². The van der Waals surface area contributed by atoms with E-state index in [1.165, 1.54) is 14.2 Å². The molecule has 0 aliphatic carbocycles. The number of methoxy groups -OCH3 is 2. The number of hydrogen-bond acceptors (Lipinski definition) is 4. The molecule has 0 spiro atoms. The van der Waals surface area contributed by atoms with E-state index in [4.69, 9.17) is 15.2 Å². The summed E-state index contributed by atoms with van der Waals surface area (Å²) in [7, 11) is 4.71. The maximum atomic E-state index is 11.1. The van der Waals surface area contributed by atoms with Crippen LogP contribution in [0.4, 0.5) is 0 Å². The van der Waals surface area contributed by atoms with Crippen LogP contribution in [0.15, 0.2) is 0 Å². The van der Waals surface area contributed by atoms with Gasteiger partial charge in [-0.3, -0.25) is 4.79 Å². The lowest BCUT2D eigenvalue weighted by Gasteiger charge is -2.28. The second-order valence-electron chi connectivity index (χ2n) is 3.05. The Balaban J connectivity index is 4.33. The molecule has 5 heteroatoms. The molecule has 0 aliphatic rings. The fourth-order valence-electron chi connectivity index (χ4n) is 0.922. The number of carbonyl (C=O) groups excluding carboxylic acids is 1. The quantitative estimate of drug-likeness (QED) is 0.552. The van der Waals surface area contributed by atoms with Gasteiger partial charge in [0.2, 0.25) is 5.91 Å². The number of ether oxygens (including phenoxy) is 2. The van der Waals surface area contributed by atoms with Crippen molar-refractivity contribution in [2.75, 3.05) is 21.3 Å². The van der Waals surface area contributed by atoms with Gasteiger partial charge in [0.05, 0.1) is 5.54 Å². The summed E-state index contributed by atoms with van der Waals surface area (Å²) in [6.45, 7) is 1.71. The molecule has 3 N–H and O–H groups in total. The number of amides is 1. The van der Waals surface area contributed by atoms with E-state index in [1.807, 2.05) is 0 Å². The Hall–Kier alpha value is -0.650. The molecule has 0 aromatic heterocycles. The van der Waals surface area contributed by atoms with Gasteiger partial charge in [-0.05, 0) is 14.0 Å². The lowest BCUT2D eigenvalue weighted by Crippen LogP contribution is -2.53. The molecular formula is C8H18N2O3. The van der Waals surface area contributed by atoms with E-state index in [2.05, 4.69) is 5.32 Å². The summed E-state index contributed by atoms with van der Waals surface area (Å²) in [6, 6.07) is 0. The topological polar surface area (TPSA) is 73.6 Å². The number of primary amides is 1. The van der Waals surface area contributed by atoms with E-state index >= 15 is 0 Å². The number of hydrogen-bond donors (Lipinski definition) is 2. The Kier molecular flexibility index (Phi) is 4.90. The Morgan fingerprint density at radius 2 is 2.00 bits per heavy atom. The second-order valence-corrected chi connectivity index (χ2v) is 3.05. The minimum absolute atomic E-state index is 0.381. The van der Waals surface area contributed by atoms with Crippen molar-refractivity contribution in [3.8, 4) is 0 Å². The Morgan fingerprint density at radius 3 is 2.23 bits per heavy atom. The fourth-order valence-corrected chi connectivity index (χ4v) is 0.922. The van der Waals surface area contributed by atoms with Crippen molar-refractivity contribution < 1.29 is 14.3 Å². The number of nitrogens with two attached hydrogens (primary N) is 1. The van der Waals surface area contributed by atoms with E-state index in [-0.39, 0.29) is 0 Å². The second kappa shape index (κ2) is 5.16. The average molecular weight is 190 g/mol. The number of rotatable bonds is 6. The molecule has 0 bridgehead atoms. The first-order valence-electron chi connectivity index (χ1n) is 4.04. The van der Waals surface area contributed by atoms with Gasteiger partial charge in [-0.15, -0.1) is 0 Å². The third-order valence-corrected chi connectivity index (χ3v) is 2.20. The SMILES string of the molecule is CNC(C)(CC(OC)OC)C(N)=O. The molecule has 0 aliphatic heterocycles. The largest absolute Gasteiger partial charge is 0.368 e. The molecule has 1 unspecified atom stereocenters. The third-order valence-electron chi connectivity index (χ3n) is 2.20. The summed E-state index contributed by atoms with van der Waals surface area (Å²) in [5, 5.41) is 2.84. The first-order valence-corrected chi connectivity index (χ1v) is 4.04. The van der Waals surface area contributed by atoms with Gasteiger partial charge in [-0.2, -0.15) is 0 Å². The molecule has 78 valence electrons. The summed E-state index contributed by atoms with van der Waals surface area (Å²) in [5.41, 5.74) is 4.43. The first kappa shape index (κ1) is 12.3. The maximum absolute atomic E-state index is 11.1. The first-order chi connectivity index (χ1) is 6.00. The normalized spacial score (nSPS) is 15.8. The molecular weight excluding hydrogens is 172 g/mol. The van der Waals surface area contributed by atoms with Gasteiger partial charge in [0, 0.05) is 20.6 Å². The van der Waals surface area contributed by atoms with E-state index in [0.717, 1.165) is 0 Å². The number of likely N-dealkylation sites (N-methyl/N-ethyl adjacent to an activating group) is 1. The van der Waals surface area contributed by atoms with Crippen LogP contribution in [0.5, 0.6) is 0 Å². The molecule has 0 fully saturated rings. The van der Waals surface area contributed by atoms with Crippen LogP contribution in [0.1, 0.15) is 13.3 Å². The molecule has 0 saturated heterocycles. The molecule has 0 aromatic rings. The Labute approximate surface area is 78.6 Å². The van der Waals surface area contributed by atoms with Crippen molar-refractivity contribution in [1.29, 1.82) is 0 Å². The lowest BCUT2D eigenvalue weighted by molar-refractivity contribution is -0.137. The summed E-state index contributed by atoms with van der Waals surface area (Å²) < 4.78 is 9.95. The molecule has 5 nitrogen and oxygen atoms in total. The minimum Gasteiger partial charge on any atom is -0.368 e. The summed E-state index contributed by atoms with van der Waals surface area (Å²) in [5.74, 6) is -0.422. The standard InChI is InChI=1S/C8H18N2O3/c1-8(10-2,7(9)11)5-6(12-3)13-4/h6,10H,5H2,1-4H3,(H2,9,11). The van der Waals surface area contributed by atoms with Crippen molar-refractivity contribution in [3.63, 3.8) is 0 Å². The van der Waals surface area contributed by atoms with Gasteiger partial charge in [0.15, 0.2) is 6.29 Å². The molecule has 13 heavy (non-hydrogen) atoms. The number of carbonyl (C=O) groups is 1. The van der Waals surface area contributed by atoms with Crippen LogP contribution in [0.2, 0.25) is 0 Å². The van der Waals surface area contributed by atoms with Crippen LogP contribution >= 0.6 is 0 Å². The van der Waals surface area contributed by atoms with Crippen LogP contribution in [0.25, 0.3) is 0 Å². The highest BCUT2D eigenvalue weighted by Gasteiger charge is 2.32. The van der Waals surface area contributed by atoms with E-state index in [9.17, 15) is 4.79 Å². The highest BCUT2D eigenvalue weighted by atomic mass is 16.7. The summed E-state index contributed by atoms with van der Waals surface area (Å²) in [6.07, 6.45) is -0.0452. The van der Waals surface area contributed by atoms with Crippen molar-refractivity contribution in [2.45, 2.75) is 25.2 Å². The van der Waals surface area contributed by atoms with Gasteiger partial charge < -0.3 is 20.5 Å². The van der Waals surface area contributed by atoms with Crippen LogP contribution in [0.3, 0.4) is 0 Å². The zero-order valence-electron chi connectivity index (χ0n) is 8.59. The van der Waals surface area contributed by atoms with Gasteiger partial charge in [-0.25, -0.2) is 0 Å². The average Bonchev–Trinajstić information content (AvgIpc) is 2.13. The predicted octanol–water partition coefficient (Wildman–Crippen LogP) is -0.541. The van der Waals surface area contributed by atoms with E-state index < -0.39 is 17.7 Å². The third kappa shape index (κ3) is 3.30. The summed E-state index contributed by atoms with van der Waals surface area (Å²) in [4.78, 5) is 11.1. The maximum Gasteiger partial charge on any atom is 0.237 e. The van der Waals surface area contributed by atoms with Crippen LogP contribution < -0.4 is 11.1 Å². The molecule has 0 heterocycles. The van der Waals surface area contributed by atoms with Crippen molar-refractivity contribution in [2.24, 2.45) is 5.73 Å². The predicted molar refractivity (Wildman–Crippen MR) is 49.1 cm³/mol. The highest BCUT2D eigenvalue weighted by Crippen LogP contribution is 2.13. The van der Waals surface area contributed by atoms with Gasteiger partial charge in [0.25, 0.3) is 0 Å². The molecule has 0 aromatic carbocycles. The molecule has 0 radical (unpaired) electrons. The molecule has 0 saturated carbocycles. The van der Waals surface area contributed by atoms with E-state index in [1.54, 1.807) is 14.0 Å². The number of nitrogens with one attached hydrogen (secondary N) is 1. The van der Waals surface area contributed by atoms with E-state index in [0.29, 0.717) is 6.42 Å². The monoisotopic (exact) mass is 190 g/mol. The van der Waals surface area contributed by atoms with Crippen LogP contribution in [-0.4, -0.2) is 39.0 Å². The zero-order valence-corrected chi connectivity index (χ0v) is 8.59.